The first-order chi connectivity index (χ1) is 5.69. The average molecular weight is 233 g/mol. The molecule has 0 saturated heterocycles. The molecule has 4 nitrogen and oxygen atoms in total. The highest BCUT2D eigenvalue weighted by Crippen LogP contribution is 2.07. The Morgan fingerprint density at radius 2 is 2.50 bits per heavy atom. The number of aryl methyl sites for hydroxylation is 1. The number of alkyl halides is 1. The van der Waals surface area contributed by atoms with E-state index in [4.69, 9.17) is 5.11 Å². The second-order valence-electron chi connectivity index (χ2n) is 2.27. The van der Waals surface area contributed by atoms with E-state index in [9.17, 15) is 4.79 Å². The fourth-order valence-corrected chi connectivity index (χ4v) is 1.39. The second-order valence-corrected chi connectivity index (χ2v) is 2.83. The van der Waals surface area contributed by atoms with Gasteiger partial charge in [0.25, 0.3) is 0 Å². The third-order valence-corrected chi connectivity index (χ3v) is 2.04. The van der Waals surface area contributed by atoms with Crippen molar-refractivity contribution in [2.75, 3.05) is 0 Å². The molecule has 0 radical (unpaired) electrons. The maximum Gasteiger partial charge on any atom is 0.356 e. The quantitative estimate of drug-likeness (QED) is 0.804. The molecule has 1 rings (SSSR count). The van der Waals surface area contributed by atoms with E-state index in [1.807, 2.05) is 6.92 Å². The van der Waals surface area contributed by atoms with Crippen molar-refractivity contribution in [2.24, 2.45) is 0 Å². The number of hydrogen-bond acceptors (Lipinski definition) is 2. The van der Waals surface area contributed by atoms with Crippen LogP contribution in [0.25, 0.3) is 0 Å². The normalized spacial score (nSPS) is 10.2. The van der Waals surface area contributed by atoms with Gasteiger partial charge >= 0.3 is 5.97 Å². The lowest BCUT2D eigenvalue weighted by Crippen LogP contribution is -1.96. The number of hydrogen-bond donors (Lipinski definition) is 1. The minimum atomic E-state index is -0.982. The van der Waals surface area contributed by atoms with Gasteiger partial charge in [0.15, 0.2) is 5.69 Å². The molecular formula is C7H9BrN2O2. The molecule has 0 aliphatic carbocycles. The molecule has 12 heavy (non-hydrogen) atoms. The molecule has 1 heterocycles. The number of halogens is 1. The first kappa shape index (κ1) is 9.25. The topological polar surface area (TPSA) is 55.1 Å². The Labute approximate surface area is 78.4 Å². The molecule has 0 unspecified atom stereocenters. The van der Waals surface area contributed by atoms with E-state index in [1.165, 1.54) is 0 Å². The van der Waals surface area contributed by atoms with Gasteiger partial charge in [0.1, 0.15) is 5.82 Å². The van der Waals surface area contributed by atoms with Crippen molar-refractivity contribution >= 4 is 21.9 Å². The van der Waals surface area contributed by atoms with Crippen LogP contribution in [0, 0.1) is 0 Å². The zero-order chi connectivity index (χ0) is 9.14. The second kappa shape index (κ2) is 3.71. The van der Waals surface area contributed by atoms with Gasteiger partial charge in [-0.3, -0.25) is 0 Å². The Bertz CT molecular complexity index is 274. The van der Waals surface area contributed by atoms with Crippen LogP contribution >= 0.6 is 15.9 Å². The van der Waals surface area contributed by atoms with Crippen LogP contribution in [-0.2, 0) is 11.9 Å². The maximum atomic E-state index is 10.5. The van der Waals surface area contributed by atoms with Crippen molar-refractivity contribution in [3.05, 3.63) is 17.7 Å². The van der Waals surface area contributed by atoms with Crippen LogP contribution in [0.2, 0.25) is 0 Å². The van der Waals surface area contributed by atoms with Crippen LogP contribution in [-0.4, -0.2) is 20.6 Å². The van der Waals surface area contributed by atoms with Gasteiger partial charge in [-0.2, -0.15) is 0 Å². The lowest BCUT2D eigenvalue weighted by molar-refractivity contribution is 0.0691. The van der Waals surface area contributed by atoms with Gasteiger partial charge in [0.05, 0.1) is 5.33 Å². The maximum absolute atomic E-state index is 10.5. The van der Waals surface area contributed by atoms with Gasteiger partial charge in [0.2, 0.25) is 0 Å². The molecule has 0 bridgehead atoms. The van der Waals surface area contributed by atoms with Crippen molar-refractivity contribution in [1.82, 2.24) is 9.55 Å². The van der Waals surface area contributed by atoms with Crippen LogP contribution in [0.4, 0.5) is 0 Å². The Hall–Kier alpha value is -0.840. The van der Waals surface area contributed by atoms with E-state index in [0.717, 1.165) is 12.4 Å². The smallest absolute Gasteiger partial charge is 0.356 e. The van der Waals surface area contributed by atoms with Gasteiger partial charge in [-0.05, 0) is 6.92 Å². The summed E-state index contributed by atoms with van der Waals surface area (Å²) in [6.07, 6.45) is 1.54. The highest BCUT2D eigenvalue weighted by molar-refractivity contribution is 9.08. The van der Waals surface area contributed by atoms with E-state index in [2.05, 4.69) is 20.9 Å². The summed E-state index contributed by atoms with van der Waals surface area (Å²) in [4.78, 5) is 14.4. The van der Waals surface area contributed by atoms with Crippen LogP contribution in [0.1, 0.15) is 23.2 Å². The summed E-state index contributed by atoms with van der Waals surface area (Å²) in [7, 11) is 0. The first-order valence-corrected chi connectivity index (χ1v) is 4.66. The molecule has 0 fully saturated rings. The number of carboxylic acids is 1. The molecule has 66 valence electrons. The number of carboxylic acid groups (broad SMARTS) is 1. The molecular weight excluding hydrogens is 224 g/mol. The number of imidazole rings is 1. The summed E-state index contributed by atoms with van der Waals surface area (Å²) in [5.41, 5.74) is 0.103. The van der Waals surface area contributed by atoms with E-state index in [-0.39, 0.29) is 5.69 Å². The van der Waals surface area contributed by atoms with Gasteiger partial charge < -0.3 is 9.67 Å². The summed E-state index contributed by atoms with van der Waals surface area (Å²) in [6.45, 7) is 2.68. The van der Waals surface area contributed by atoms with E-state index < -0.39 is 5.97 Å². The van der Waals surface area contributed by atoms with Gasteiger partial charge in [-0.1, -0.05) is 15.9 Å². The van der Waals surface area contributed by atoms with E-state index >= 15 is 0 Å². The van der Waals surface area contributed by atoms with E-state index in [1.54, 1.807) is 10.8 Å². The molecule has 0 aromatic carbocycles. The van der Waals surface area contributed by atoms with Crippen molar-refractivity contribution in [3.63, 3.8) is 0 Å². The van der Waals surface area contributed by atoms with Crippen molar-refractivity contribution in [2.45, 2.75) is 18.8 Å². The zero-order valence-corrected chi connectivity index (χ0v) is 8.21. The standard InChI is InChI=1S/C7H9BrN2O2/c1-2-10-4-5(7(11)12)9-6(10)3-8/h4H,2-3H2,1H3,(H,11,12). The predicted octanol–water partition coefficient (Wildman–Crippen LogP) is 1.50. The molecule has 1 N–H and O–H groups in total. The van der Waals surface area contributed by atoms with Gasteiger partial charge in [-0.25, -0.2) is 9.78 Å². The highest BCUT2D eigenvalue weighted by atomic mass is 79.9. The van der Waals surface area contributed by atoms with Crippen molar-refractivity contribution in [3.8, 4) is 0 Å². The fourth-order valence-electron chi connectivity index (χ4n) is 0.938. The number of aromatic nitrogens is 2. The molecule has 0 aliphatic heterocycles. The van der Waals surface area contributed by atoms with Crippen LogP contribution in [0.3, 0.4) is 0 Å². The molecule has 1 aromatic heterocycles. The summed E-state index contributed by atoms with van der Waals surface area (Å²) < 4.78 is 1.80. The average Bonchev–Trinajstić information content (AvgIpc) is 2.46. The Balaban J connectivity index is 3.05. The minimum absolute atomic E-state index is 0.103. The molecule has 0 amide bonds. The zero-order valence-electron chi connectivity index (χ0n) is 6.62. The molecule has 0 aliphatic rings. The third kappa shape index (κ3) is 1.66. The Morgan fingerprint density at radius 1 is 1.83 bits per heavy atom. The third-order valence-electron chi connectivity index (χ3n) is 1.54. The minimum Gasteiger partial charge on any atom is -0.476 e. The van der Waals surface area contributed by atoms with Crippen LogP contribution in [0.5, 0.6) is 0 Å². The largest absolute Gasteiger partial charge is 0.476 e. The predicted molar refractivity (Wildman–Crippen MR) is 47.5 cm³/mol. The SMILES string of the molecule is CCn1cc(C(=O)O)nc1CBr. The summed E-state index contributed by atoms with van der Waals surface area (Å²) in [5.74, 6) is -0.237. The summed E-state index contributed by atoms with van der Waals surface area (Å²) in [5, 5.41) is 9.20. The van der Waals surface area contributed by atoms with Crippen LogP contribution in [0.15, 0.2) is 6.20 Å². The molecule has 0 atom stereocenters. The lowest BCUT2D eigenvalue weighted by atomic mass is 10.5. The van der Waals surface area contributed by atoms with E-state index in [0.29, 0.717) is 5.33 Å². The molecule has 0 saturated carbocycles. The van der Waals surface area contributed by atoms with Crippen molar-refractivity contribution in [1.29, 1.82) is 0 Å². The summed E-state index contributed by atoms with van der Waals surface area (Å²) in [6, 6.07) is 0. The number of aromatic carboxylic acids is 1. The summed E-state index contributed by atoms with van der Waals surface area (Å²) >= 11 is 3.24. The van der Waals surface area contributed by atoms with Crippen molar-refractivity contribution < 1.29 is 9.90 Å². The highest BCUT2D eigenvalue weighted by Gasteiger charge is 2.10. The molecule has 1 aromatic rings. The fraction of sp³-hybridized carbons (Fsp3) is 0.429. The molecule has 5 heteroatoms. The lowest BCUT2D eigenvalue weighted by Gasteiger charge is -1.98. The Kier molecular flexibility index (Phi) is 2.86. The number of carbonyl (C=O) groups is 1. The molecule has 0 spiro atoms. The first-order valence-electron chi connectivity index (χ1n) is 3.54. The monoisotopic (exact) mass is 232 g/mol. The van der Waals surface area contributed by atoms with Crippen LogP contribution < -0.4 is 0 Å². The van der Waals surface area contributed by atoms with Gasteiger partial charge in [0, 0.05) is 12.7 Å². The number of rotatable bonds is 3. The Morgan fingerprint density at radius 3 is 2.83 bits per heavy atom. The van der Waals surface area contributed by atoms with Gasteiger partial charge in [-0.15, -0.1) is 0 Å². The number of nitrogens with zero attached hydrogens (tertiary/aromatic N) is 2.